The van der Waals surface area contributed by atoms with Gasteiger partial charge in [0.15, 0.2) is 0 Å². The number of carbonyl (C=O) groups excluding carboxylic acids is 1. The van der Waals surface area contributed by atoms with E-state index in [9.17, 15) is 4.79 Å². The summed E-state index contributed by atoms with van der Waals surface area (Å²) in [5.74, 6) is 0.418. The van der Waals surface area contributed by atoms with Gasteiger partial charge in [0.25, 0.3) is 0 Å². The van der Waals surface area contributed by atoms with E-state index < -0.39 is 0 Å². The van der Waals surface area contributed by atoms with Gasteiger partial charge in [-0.3, -0.25) is 14.7 Å². The number of hydrogen-bond acceptors (Lipinski definition) is 3. The molecule has 0 radical (unpaired) electrons. The third-order valence-corrected chi connectivity index (χ3v) is 4.27. The van der Waals surface area contributed by atoms with E-state index in [1.54, 1.807) is 0 Å². The predicted molar refractivity (Wildman–Crippen MR) is 80.5 cm³/mol. The van der Waals surface area contributed by atoms with Gasteiger partial charge in [0.05, 0.1) is 5.52 Å². The van der Waals surface area contributed by atoms with E-state index >= 15 is 0 Å². The molecule has 104 valence electrons. The SMILES string of the molecule is CN(Cc1cccc2cccnc12)C1CCC(=O)CC1. The summed E-state index contributed by atoms with van der Waals surface area (Å²) in [7, 11) is 2.15. The highest BCUT2D eigenvalue weighted by Crippen LogP contribution is 2.23. The van der Waals surface area contributed by atoms with Gasteiger partial charge < -0.3 is 0 Å². The van der Waals surface area contributed by atoms with Gasteiger partial charge in [-0.15, -0.1) is 0 Å². The second kappa shape index (κ2) is 5.71. The molecule has 3 heteroatoms. The zero-order chi connectivity index (χ0) is 13.9. The van der Waals surface area contributed by atoms with Crippen LogP contribution >= 0.6 is 0 Å². The first-order valence-electron chi connectivity index (χ1n) is 7.28. The molecule has 1 heterocycles. The van der Waals surface area contributed by atoms with Crippen molar-refractivity contribution >= 4 is 16.7 Å². The number of benzene rings is 1. The van der Waals surface area contributed by atoms with Crippen LogP contribution < -0.4 is 0 Å². The van der Waals surface area contributed by atoms with Crippen LogP contribution in [0.3, 0.4) is 0 Å². The number of Topliss-reactive ketones (excluding diaryl/α,β-unsaturated/α-hetero) is 1. The van der Waals surface area contributed by atoms with Gasteiger partial charge in [0.2, 0.25) is 0 Å². The molecule has 1 fully saturated rings. The Hall–Kier alpha value is -1.74. The largest absolute Gasteiger partial charge is 0.300 e. The van der Waals surface area contributed by atoms with Crippen molar-refractivity contribution in [3.8, 4) is 0 Å². The molecule has 20 heavy (non-hydrogen) atoms. The van der Waals surface area contributed by atoms with Gasteiger partial charge in [-0.25, -0.2) is 0 Å². The minimum Gasteiger partial charge on any atom is -0.300 e. The number of aromatic nitrogens is 1. The molecule has 1 aliphatic carbocycles. The van der Waals surface area contributed by atoms with Gasteiger partial charge in [0, 0.05) is 37.0 Å². The number of hydrogen-bond donors (Lipinski definition) is 0. The lowest BCUT2D eigenvalue weighted by molar-refractivity contribution is -0.121. The standard InChI is InChI=1S/C17H20N2O/c1-19(15-7-9-16(20)10-8-15)12-14-5-2-4-13-6-3-11-18-17(13)14/h2-6,11,15H,7-10,12H2,1H3. The lowest BCUT2D eigenvalue weighted by atomic mass is 9.93. The maximum atomic E-state index is 11.3. The van der Waals surface area contributed by atoms with Crippen molar-refractivity contribution in [2.75, 3.05) is 7.05 Å². The summed E-state index contributed by atoms with van der Waals surface area (Å²) in [6, 6.07) is 10.9. The van der Waals surface area contributed by atoms with Gasteiger partial charge in [-0.05, 0) is 31.5 Å². The number of carbonyl (C=O) groups is 1. The monoisotopic (exact) mass is 268 g/mol. The third kappa shape index (κ3) is 2.73. The van der Waals surface area contributed by atoms with Crippen LogP contribution in [0.4, 0.5) is 0 Å². The van der Waals surface area contributed by atoms with Crippen LogP contribution in [0.1, 0.15) is 31.2 Å². The summed E-state index contributed by atoms with van der Waals surface area (Å²) in [5.41, 5.74) is 2.36. The molecule has 0 bridgehead atoms. The second-order valence-electron chi connectivity index (χ2n) is 5.68. The van der Waals surface area contributed by atoms with Crippen LogP contribution in [0.15, 0.2) is 36.5 Å². The van der Waals surface area contributed by atoms with Crippen molar-refractivity contribution in [3.63, 3.8) is 0 Å². The summed E-state index contributed by atoms with van der Waals surface area (Å²) in [4.78, 5) is 18.2. The minimum atomic E-state index is 0.418. The van der Waals surface area contributed by atoms with Crippen molar-refractivity contribution < 1.29 is 4.79 Å². The van der Waals surface area contributed by atoms with Crippen LogP contribution in [0, 0.1) is 0 Å². The molecule has 0 amide bonds. The zero-order valence-electron chi connectivity index (χ0n) is 11.9. The Morgan fingerprint density at radius 2 is 1.95 bits per heavy atom. The Bertz CT molecular complexity index is 608. The van der Waals surface area contributed by atoms with Crippen molar-refractivity contribution in [2.45, 2.75) is 38.3 Å². The summed E-state index contributed by atoms with van der Waals surface area (Å²) in [5, 5.41) is 1.19. The molecule has 0 N–H and O–H groups in total. The second-order valence-corrected chi connectivity index (χ2v) is 5.68. The molecule has 0 unspecified atom stereocenters. The molecular formula is C17H20N2O. The normalized spacial score (nSPS) is 17.0. The Labute approximate surface area is 119 Å². The number of fused-ring (bicyclic) bond motifs is 1. The fourth-order valence-electron chi connectivity index (χ4n) is 3.06. The van der Waals surface area contributed by atoms with E-state index in [1.807, 2.05) is 12.3 Å². The van der Waals surface area contributed by atoms with E-state index in [-0.39, 0.29) is 0 Å². The lowest BCUT2D eigenvalue weighted by Crippen LogP contribution is -2.34. The maximum absolute atomic E-state index is 11.3. The minimum absolute atomic E-state index is 0.418. The first kappa shape index (κ1) is 13.3. The van der Waals surface area contributed by atoms with Crippen molar-refractivity contribution in [2.24, 2.45) is 0 Å². The summed E-state index contributed by atoms with van der Waals surface area (Å²) < 4.78 is 0. The molecule has 3 nitrogen and oxygen atoms in total. The molecule has 0 aliphatic heterocycles. The van der Waals surface area contributed by atoms with Crippen LogP contribution in [-0.4, -0.2) is 28.8 Å². The fraction of sp³-hybridized carbons (Fsp3) is 0.412. The topological polar surface area (TPSA) is 33.2 Å². The summed E-state index contributed by atoms with van der Waals surface area (Å²) in [6.45, 7) is 0.896. The van der Waals surface area contributed by atoms with E-state index in [4.69, 9.17) is 0 Å². The van der Waals surface area contributed by atoms with E-state index in [2.05, 4.69) is 41.2 Å². The van der Waals surface area contributed by atoms with Crippen LogP contribution in [-0.2, 0) is 11.3 Å². The summed E-state index contributed by atoms with van der Waals surface area (Å²) in [6.07, 6.45) is 5.32. The van der Waals surface area contributed by atoms with Crippen molar-refractivity contribution in [3.05, 3.63) is 42.1 Å². The van der Waals surface area contributed by atoms with Gasteiger partial charge >= 0.3 is 0 Å². The highest BCUT2D eigenvalue weighted by Gasteiger charge is 2.22. The van der Waals surface area contributed by atoms with Crippen LogP contribution in [0.25, 0.3) is 10.9 Å². The Morgan fingerprint density at radius 3 is 2.75 bits per heavy atom. The number of pyridine rings is 1. The predicted octanol–water partition coefficient (Wildman–Crippen LogP) is 3.18. The molecule has 1 aliphatic rings. The van der Waals surface area contributed by atoms with Crippen molar-refractivity contribution in [1.29, 1.82) is 0 Å². The summed E-state index contributed by atoms with van der Waals surface area (Å²) >= 11 is 0. The molecule has 3 rings (SSSR count). The quantitative estimate of drug-likeness (QED) is 0.857. The highest BCUT2D eigenvalue weighted by molar-refractivity contribution is 5.81. The van der Waals surface area contributed by atoms with E-state index in [1.165, 1.54) is 10.9 Å². The Balaban J connectivity index is 1.77. The number of rotatable bonds is 3. The smallest absolute Gasteiger partial charge is 0.133 e. The first-order valence-corrected chi connectivity index (χ1v) is 7.28. The van der Waals surface area contributed by atoms with Crippen molar-refractivity contribution in [1.82, 2.24) is 9.88 Å². The highest BCUT2D eigenvalue weighted by atomic mass is 16.1. The number of para-hydroxylation sites is 1. The molecule has 1 saturated carbocycles. The van der Waals surface area contributed by atoms with Crippen LogP contribution in [0.2, 0.25) is 0 Å². The van der Waals surface area contributed by atoms with Gasteiger partial charge in [0.1, 0.15) is 5.78 Å². The molecule has 0 atom stereocenters. The molecule has 1 aromatic carbocycles. The maximum Gasteiger partial charge on any atom is 0.133 e. The molecule has 1 aromatic heterocycles. The lowest BCUT2D eigenvalue weighted by Gasteiger charge is -2.30. The van der Waals surface area contributed by atoms with Crippen LogP contribution in [0.5, 0.6) is 0 Å². The number of ketones is 1. The van der Waals surface area contributed by atoms with E-state index in [0.29, 0.717) is 11.8 Å². The van der Waals surface area contributed by atoms with Gasteiger partial charge in [-0.1, -0.05) is 24.3 Å². The molecular weight excluding hydrogens is 248 g/mol. The first-order chi connectivity index (χ1) is 9.74. The Kier molecular flexibility index (Phi) is 3.79. The fourth-order valence-corrected chi connectivity index (χ4v) is 3.06. The Morgan fingerprint density at radius 1 is 1.20 bits per heavy atom. The number of nitrogens with zero attached hydrogens (tertiary/aromatic N) is 2. The average molecular weight is 268 g/mol. The van der Waals surface area contributed by atoms with Gasteiger partial charge in [-0.2, -0.15) is 0 Å². The molecule has 0 spiro atoms. The third-order valence-electron chi connectivity index (χ3n) is 4.27. The van der Waals surface area contributed by atoms with E-state index in [0.717, 1.165) is 37.7 Å². The molecule has 2 aromatic rings. The average Bonchev–Trinajstić information content (AvgIpc) is 2.48. The zero-order valence-corrected chi connectivity index (χ0v) is 11.9. The molecule has 0 saturated heterocycles.